The number of aryl methyl sites for hydroxylation is 1. The van der Waals surface area contributed by atoms with Gasteiger partial charge in [0.05, 0.1) is 5.69 Å². The van der Waals surface area contributed by atoms with Crippen molar-refractivity contribution in [2.45, 2.75) is 57.2 Å². The summed E-state index contributed by atoms with van der Waals surface area (Å²) in [4.78, 5) is 2.58. The fourth-order valence-corrected chi connectivity index (χ4v) is 4.01. The molecule has 0 aliphatic carbocycles. The number of hydrogen-bond acceptors (Lipinski definition) is 5. The normalized spacial score (nSPS) is 27.8. The minimum absolute atomic E-state index is 0.508. The van der Waals surface area contributed by atoms with Gasteiger partial charge in [-0.3, -0.25) is 0 Å². The molecule has 0 radical (unpaired) electrons. The van der Waals surface area contributed by atoms with Gasteiger partial charge in [0.1, 0.15) is 5.82 Å². The number of nitrogens with zero attached hydrogens (tertiary/aromatic N) is 5. The van der Waals surface area contributed by atoms with E-state index < -0.39 is 0 Å². The molecule has 1 unspecified atom stereocenters. The van der Waals surface area contributed by atoms with Crippen molar-refractivity contribution >= 4 is 5.82 Å². The maximum absolute atomic E-state index is 4.36. The van der Waals surface area contributed by atoms with Crippen LogP contribution in [0.25, 0.3) is 5.82 Å². The minimum Gasteiger partial charge on any atom is -0.366 e. The van der Waals surface area contributed by atoms with E-state index in [1.807, 2.05) is 31.3 Å². The molecule has 4 heterocycles. The lowest BCUT2D eigenvalue weighted by atomic mass is 9.82. The summed E-state index contributed by atoms with van der Waals surface area (Å²) in [5.41, 5.74) is 0.979. The van der Waals surface area contributed by atoms with Crippen LogP contribution in [0.15, 0.2) is 24.4 Å². The molecule has 23 heavy (non-hydrogen) atoms. The lowest BCUT2D eigenvalue weighted by molar-refractivity contribution is 0.0607. The highest BCUT2D eigenvalue weighted by atomic mass is 15.3. The number of fused-ring (bicyclic) bond motifs is 2. The number of rotatable bonds is 3. The second-order valence-electron chi connectivity index (χ2n) is 6.90. The Bertz CT molecular complexity index is 650. The first-order valence-corrected chi connectivity index (χ1v) is 8.54. The average molecular weight is 312 g/mol. The molecule has 2 aliphatic heterocycles. The topological polar surface area (TPSA) is 58.9 Å². The van der Waals surface area contributed by atoms with Crippen LogP contribution < -0.4 is 5.32 Å². The quantitative estimate of drug-likeness (QED) is 0.943. The molecule has 2 bridgehead atoms. The molecule has 2 fully saturated rings. The molecule has 2 aromatic heterocycles. The van der Waals surface area contributed by atoms with E-state index in [0.29, 0.717) is 6.04 Å². The number of anilines is 1. The predicted molar refractivity (Wildman–Crippen MR) is 89.7 cm³/mol. The Morgan fingerprint density at radius 3 is 2.48 bits per heavy atom. The second kappa shape index (κ2) is 5.92. The molecule has 3 atom stereocenters. The lowest BCUT2D eigenvalue weighted by Gasteiger charge is -2.47. The highest BCUT2D eigenvalue weighted by molar-refractivity contribution is 5.37. The summed E-state index contributed by atoms with van der Waals surface area (Å²) in [5.74, 6) is 1.62. The van der Waals surface area contributed by atoms with Gasteiger partial charge < -0.3 is 10.2 Å². The van der Waals surface area contributed by atoms with Gasteiger partial charge in [-0.25, -0.2) is 4.68 Å². The summed E-state index contributed by atoms with van der Waals surface area (Å²) < 4.78 is 1.76. The van der Waals surface area contributed by atoms with Gasteiger partial charge in [-0.05, 0) is 57.9 Å². The van der Waals surface area contributed by atoms with Crippen molar-refractivity contribution < 1.29 is 0 Å². The molecule has 2 aliphatic rings. The van der Waals surface area contributed by atoms with E-state index in [2.05, 4.69) is 32.6 Å². The van der Waals surface area contributed by atoms with Gasteiger partial charge in [0.15, 0.2) is 5.82 Å². The van der Waals surface area contributed by atoms with Gasteiger partial charge in [-0.2, -0.15) is 5.10 Å². The van der Waals surface area contributed by atoms with Crippen LogP contribution in [0.5, 0.6) is 0 Å². The molecule has 6 nitrogen and oxygen atoms in total. The van der Waals surface area contributed by atoms with Crippen molar-refractivity contribution in [3.63, 3.8) is 0 Å². The van der Waals surface area contributed by atoms with Crippen LogP contribution in [0.1, 0.15) is 37.8 Å². The zero-order valence-corrected chi connectivity index (χ0v) is 13.8. The fraction of sp³-hybridized carbons (Fsp3) is 0.588. The number of aromatic nitrogens is 4. The van der Waals surface area contributed by atoms with E-state index in [0.717, 1.165) is 29.4 Å². The summed E-state index contributed by atoms with van der Waals surface area (Å²) in [6.45, 7) is 1.97. The Balaban J connectivity index is 1.43. The number of nitrogens with one attached hydrogen (secondary N) is 1. The third-order valence-corrected chi connectivity index (χ3v) is 5.30. The van der Waals surface area contributed by atoms with E-state index >= 15 is 0 Å². The van der Waals surface area contributed by atoms with Crippen LogP contribution in [0.3, 0.4) is 0 Å². The van der Waals surface area contributed by atoms with E-state index in [-0.39, 0.29) is 0 Å². The molecular formula is C17H24N6. The molecule has 1 N–H and O–H groups in total. The molecule has 6 heteroatoms. The minimum atomic E-state index is 0.508. The van der Waals surface area contributed by atoms with Crippen molar-refractivity contribution in [2.75, 3.05) is 12.4 Å². The van der Waals surface area contributed by atoms with Crippen LogP contribution >= 0.6 is 0 Å². The zero-order chi connectivity index (χ0) is 15.8. The van der Waals surface area contributed by atoms with Gasteiger partial charge in [0.2, 0.25) is 0 Å². The summed E-state index contributed by atoms with van der Waals surface area (Å²) >= 11 is 0. The summed E-state index contributed by atoms with van der Waals surface area (Å²) in [7, 11) is 2.28. The maximum Gasteiger partial charge on any atom is 0.175 e. The highest BCUT2D eigenvalue weighted by Gasteiger charge is 2.35. The molecule has 0 aromatic carbocycles. The molecule has 0 saturated carbocycles. The van der Waals surface area contributed by atoms with Crippen molar-refractivity contribution in [3.8, 4) is 5.82 Å². The Morgan fingerprint density at radius 1 is 1.09 bits per heavy atom. The SMILES string of the molecule is Cc1ccn(-c2ccc(NC3C[C@H]4CCC[C@@H](C3)N4C)nn2)n1. The van der Waals surface area contributed by atoms with Gasteiger partial charge in [-0.15, -0.1) is 10.2 Å². The van der Waals surface area contributed by atoms with Crippen molar-refractivity contribution in [2.24, 2.45) is 0 Å². The highest BCUT2D eigenvalue weighted by Crippen LogP contribution is 2.33. The first-order chi connectivity index (χ1) is 11.2. The Labute approximate surface area is 136 Å². The predicted octanol–water partition coefficient (Wildman–Crippen LogP) is 2.40. The Morgan fingerprint density at radius 2 is 1.87 bits per heavy atom. The fourth-order valence-electron chi connectivity index (χ4n) is 4.01. The van der Waals surface area contributed by atoms with E-state index in [1.54, 1.807) is 4.68 Å². The Kier molecular flexibility index (Phi) is 3.77. The van der Waals surface area contributed by atoms with Crippen LogP contribution in [0, 0.1) is 6.92 Å². The molecule has 122 valence electrons. The monoisotopic (exact) mass is 312 g/mol. The molecule has 2 aromatic rings. The molecule has 4 rings (SSSR count). The summed E-state index contributed by atoms with van der Waals surface area (Å²) in [6.07, 6.45) is 8.35. The van der Waals surface area contributed by atoms with Crippen molar-refractivity contribution in [1.82, 2.24) is 24.9 Å². The lowest BCUT2D eigenvalue weighted by Crippen LogP contribution is -2.52. The smallest absolute Gasteiger partial charge is 0.175 e. The van der Waals surface area contributed by atoms with E-state index in [1.165, 1.54) is 32.1 Å². The molecule has 0 amide bonds. The molecular weight excluding hydrogens is 288 g/mol. The average Bonchev–Trinajstić information content (AvgIpc) is 2.96. The largest absolute Gasteiger partial charge is 0.366 e. The van der Waals surface area contributed by atoms with Crippen molar-refractivity contribution in [1.29, 1.82) is 0 Å². The maximum atomic E-state index is 4.36. The molecule has 2 saturated heterocycles. The van der Waals surface area contributed by atoms with Crippen LogP contribution in [0.4, 0.5) is 5.82 Å². The first-order valence-electron chi connectivity index (χ1n) is 8.54. The number of hydrogen-bond donors (Lipinski definition) is 1. The van der Waals surface area contributed by atoms with Crippen LogP contribution in [-0.4, -0.2) is 50.1 Å². The van der Waals surface area contributed by atoms with E-state index in [9.17, 15) is 0 Å². The standard InChI is InChI=1S/C17H24N6/c1-12-8-9-23(21-12)17-7-6-16(19-20-17)18-13-10-14-4-3-5-15(11-13)22(14)2/h6-9,13-15H,3-5,10-11H2,1-2H3,(H,18,19)/t13?,14-,15+. The zero-order valence-electron chi connectivity index (χ0n) is 13.8. The van der Waals surface area contributed by atoms with Crippen LogP contribution in [0.2, 0.25) is 0 Å². The van der Waals surface area contributed by atoms with Gasteiger partial charge in [0, 0.05) is 24.3 Å². The summed E-state index contributed by atoms with van der Waals surface area (Å²) in [6, 6.07) is 7.89. The first kappa shape index (κ1) is 14.6. The third kappa shape index (κ3) is 2.95. The summed E-state index contributed by atoms with van der Waals surface area (Å²) in [5, 5.41) is 16.6. The van der Waals surface area contributed by atoms with Crippen LogP contribution in [-0.2, 0) is 0 Å². The molecule has 0 spiro atoms. The van der Waals surface area contributed by atoms with Gasteiger partial charge in [-0.1, -0.05) is 6.42 Å². The number of piperidine rings is 2. The van der Waals surface area contributed by atoms with E-state index in [4.69, 9.17) is 0 Å². The second-order valence-corrected chi connectivity index (χ2v) is 6.90. The van der Waals surface area contributed by atoms with Gasteiger partial charge in [0.25, 0.3) is 0 Å². The van der Waals surface area contributed by atoms with Gasteiger partial charge >= 0.3 is 0 Å². The Hall–Kier alpha value is -1.95. The van der Waals surface area contributed by atoms with Crippen molar-refractivity contribution in [3.05, 3.63) is 30.1 Å². The third-order valence-electron chi connectivity index (χ3n) is 5.30.